The summed E-state index contributed by atoms with van der Waals surface area (Å²) >= 11 is 0. The number of hydrogen-bond acceptors (Lipinski definition) is 3. The first-order valence-corrected chi connectivity index (χ1v) is 14.4. The zero-order chi connectivity index (χ0) is 28.3. The van der Waals surface area contributed by atoms with Gasteiger partial charge in [0.25, 0.3) is 0 Å². The number of aromatic nitrogens is 3. The van der Waals surface area contributed by atoms with Gasteiger partial charge in [0.05, 0.1) is 22.6 Å². The molecule has 0 aliphatic heterocycles. The Hall–Kier alpha value is -5.22. The molecule has 1 atom stereocenters. The van der Waals surface area contributed by atoms with Gasteiger partial charge in [-0.2, -0.15) is 0 Å². The van der Waals surface area contributed by atoms with Crippen molar-refractivity contribution in [3.8, 4) is 17.3 Å². The van der Waals surface area contributed by atoms with Gasteiger partial charge in [-0.25, -0.2) is 4.98 Å². The predicted molar refractivity (Wildman–Crippen MR) is 169 cm³/mol. The number of para-hydroxylation sites is 1. The lowest BCUT2D eigenvalue weighted by molar-refractivity contribution is 0.480. The Bertz CT molecular complexity index is 2090. The fraction of sp³-hybridized carbons (Fsp3) is 0.105. The van der Waals surface area contributed by atoms with Crippen molar-refractivity contribution in [1.29, 1.82) is 0 Å². The maximum Gasteiger partial charge on any atom is 0.137 e. The summed E-state index contributed by atoms with van der Waals surface area (Å²) < 4.78 is 8.83. The Kier molecular flexibility index (Phi) is 5.51. The van der Waals surface area contributed by atoms with Crippen LogP contribution in [0.3, 0.4) is 0 Å². The second-order valence-corrected chi connectivity index (χ2v) is 11.5. The molecule has 7 aromatic rings. The standard InChI is InChI=1S/C38H29N3O/c1-38(2)31-13-5-3-12-29(31)37(33-14-7-9-21-39-33)30-23-25(18-20-32(30)38)42-26-17-19-28-27-11-4-6-15-34(27)41(35(28)24-26)36-16-8-10-22-40-36/h3-24,37H,1-2H3. The van der Waals surface area contributed by atoms with Crippen molar-refractivity contribution in [2.45, 2.75) is 25.2 Å². The lowest BCUT2D eigenvalue weighted by Crippen LogP contribution is -2.30. The van der Waals surface area contributed by atoms with Crippen LogP contribution < -0.4 is 4.74 Å². The summed E-state index contributed by atoms with van der Waals surface area (Å²) in [4.78, 5) is 9.47. The van der Waals surface area contributed by atoms with E-state index in [0.29, 0.717) is 0 Å². The molecule has 1 unspecified atom stereocenters. The first-order valence-electron chi connectivity index (χ1n) is 14.4. The van der Waals surface area contributed by atoms with Crippen molar-refractivity contribution < 1.29 is 4.74 Å². The Balaban J connectivity index is 1.26. The van der Waals surface area contributed by atoms with E-state index in [0.717, 1.165) is 34.0 Å². The molecule has 4 aromatic carbocycles. The predicted octanol–water partition coefficient (Wildman–Crippen LogP) is 9.19. The zero-order valence-electron chi connectivity index (χ0n) is 23.5. The van der Waals surface area contributed by atoms with Gasteiger partial charge >= 0.3 is 0 Å². The summed E-state index contributed by atoms with van der Waals surface area (Å²) in [5, 5.41) is 2.36. The molecule has 4 nitrogen and oxygen atoms in total. The average molecular weight is 544 g/mol. The van der Waals surface area contributed by atoms with Gasteiger partial charge in [-0.05, 0) is 76.9 Å². The molecule has 0 saturated heterocycles. The van der Waals surface area contributed by atoms with Crippen LogP contribution in [0.1, 0.15) is 47.7 Å². The minimum Gasteiger partial charge on any atom is -0.457 e. The Morgan fingerprint density at radius 3 is 2.12 bits per heavy atom. The number of ether oxygens (including phenoxy) is 1. The molecule has 202 valence electrons. The molecular weight excluding hydrogens is 514 g/mol. The van der Waals surface area contributed by atoms with Gasteiger partial charge in [-0.15, -0.1) is 0 Å². The Morgan fingerprint density at radius 1 is 0.595 bits per heavy atom. The molecule has 0 saturated carbocycles. The fourth-order valence-corrected chi connectivity index (χ4v) is 6.79. The number of benzene rings is 4. The van der Waals surface area contributed by atoms with E-state index in [1.54, 1.807) is 0 Å². The summed E-state index contributed by atoms with van der Waals surface area (Å²) in [6.45, 7) is 4.62. The summed E-state index contributed by atoms with van der Waals surface area (Å²) in [7, 11) is 0. The summed E-state index contributed by atoms with van der Waals surface area (Å²) in [6.07, 6.45) is 3.72. The second kappa shape index (κ2) is 9.42. The quantitative estimate of drug-likeness (QED) is 0.222. The lowest BCUT2D eigenvalue weighted by atomic mass is 9.64. The molecule has 0 fully saturated rings. The minimum atomic E-state index is -0.141. The highest BCUT2D eigenvalue weighted by atomic mass is 16.5. The van der Waals surface area contributed by atoms with Crippen LogP contribution in [0, 0.1) is 0 Å². The van der Waals surface area contributed by atoms with Crippen molar-refractivity contribution in [3.63, 3.8) is 0 Å². The number of fused-ring (bicyclic) bond motifs is 5. The number of pyridine rings is 2. The highest BCUT2D eigenvalue weighted by Crippen LogP contribution is 2.49. The molecule has 3 aromatic heterocycles. The number of nitrogens with zero attached hydrogens (tertiary/aromatic N) is 3. The molecule has 1 aliphatic rings. The van der Waals surface area contributed by atoms with E-state index >= 15 is 0 Å². The average Bonchev–Trinajstić information content (AvgIpc) is 3.36. The van der Waals surface area contributed by atoms with Crippen LogP contribution in [0.25, 0.3) is 27.6 Å². The molecular formula is C38H29N3O. The summed E-state index contributed by atoms with van der Waals surface area (Å²) in [5.41, 5.74) is 8.26. The highest BCUT2D eigenvalue weighted by molar-refractivity contribution is 6.09. The van der Waals surface area contributed by atoms with Crippen LogP contribution in [0.4, 0.5) is 0 Å². The maximum absolute atomic E-state index is 6.63. The molecule has 1 aliphatic carbocycles. The van der Waals surface area contributed by atoms with Crippen LogP contribution in [0.2, 0.25) is 0 Å². The van der Waals surface area contributed by atoms with Gasteiger partial charge in [0.15, 0.2) is 0 Å². The summed E-state index contributed by atoms with van der Waals surface area (Å²) in [6, 6.07) is 42.3. The fourth-order valence-electron chi connectivity index (χ4n) is 6.79. The second-order valence-electron chi connectivity index (χ2n) is 11.5. The van der Waals surface area contributed by atoms with Crippen LogP contribution >= 0.6 is 0 Å². The largest absolute Gasteiger partial charge is 0.457 e. The first kappa shape index (κ1) is 24.6. The van der Waals surface area contributed by atoms with Crippen LogP contribution in [-0.4, -0.2) is 14.5 Å². The van der Waals surface area contributed by atoms with E-state index < -0.39 is 0 Å². The van der Waals surface area contributed by atoms with E-state index in [4.69, 9.17) is 9.72 Å². The third-order valence-electron chi connectivity index (χ3n) is 8.70. The SMILES string of the molecule is CC1(C)c2ccccc2C(c2ccccn2)c2cc(Oc3ccc4c5ccccc5n(-c5ccccn5)c4c3)ccc21. The lowest BCUT2D eigenvalue weighted by Gasteiger charge is -2.39. The van der Waals surface area contributed by atoms with Gasteiger partial charge in [0, 0.05) is 34.6 Å². The normalized spacial score (nSPS) is 15.3. The van der Waals surface area contributed by atoms with E-state index in [1.165, 1.54) is 33.0 Å². The van der Waals surface area contributed by atoms with Gasteiger partial charge in [-0.1, -0.05) is 74.5 Å². The van der Waals surface area contributed by atoms with E-state index in [-0.39, 0.29) is 11.3 Å². The van der Waals surface area contributed by atoms with Crippen LogP contribution in [0.15, 0.2) is 134 Å². The Labute approximate surface area is 244 Å². The minimum absolute atomic E-state index is 0.0307. The highest BCUT2D eigenvalue weighted by Gasteiger charge is 2.38. The van der Waals surface area contributed by atoms with Gasteiger partial charge in [0.2, 0.25) is 0 Å². The van der Waals surface area contributed by atoms with Gasteiger partial charge < -0.3 is 4.74 Å². The third kappa shape index (κ3) is 3.76. The molecule has 0 radical (unpaired) electrons. The van der Waals surface area contributed by atoms with E-state index in [1.807, 2.05) is 36.7 Å². The molecule has 8 rings (SSSR count). The topological polar surface area (TPSA) is 39.9 Å². The smallest absolute Gasteiger partial charge is 0.137 e. The molecule has 0 amide bonds. The van der Waals surface area contributed by atoms with Gasteiger partial charge in [0.1, 0.15) is 17.3 Å². The monoisotopic (exact) mass is 543 g/mol. The molecule has 4 heteroatoms. The van der Waals surface area contributed by atoms with Crippen molar-refractivity contribution in [2.75, 3.05) is 0 Å². The van der Waals surface area contributed by atoms with Crippen LogP contribution in [0.5, 0.6) is 11.5 Å². The molecule has 0 spiro atoms. The Morgan fingerprint density at radius 2 is 1.29 bits per heavy atom. The number of hydrogen-bond donors (Lipinski definition) is 0. The van der Waals surface area contributed by atoms with E-state index in [2.05, 4.69) is 120 Å². The van der Waals surface area contributed by atoms with Gasteiger partial charge in [-0.3, -0.25) is 9.55 Å². The van der Waals surface area contributed by atoms with Crippen molar-refractivity contribution in [3.05, 3.63) is 162 Å². The maximum atomic E-state index is 6.63. The number of rotatable bonds is 4. The zero-order valence-corrected chi connectivity index (χ0v) is 23.5. The van der Waals surface area contributed by atoms with E-state index in [9.17, 15) is 0 Å². The molecule has 3 heterocycles. The van der Waals surface area contributed by atoms with Crippen molar-refractivity contribution in [1.82, 2.24) is 14.5 Å². The summed E-state index contributed by atoms with van der Waals surface area (Å²) in [5.74, 6) is 2.51. The van der Waals surface area contributed by atoms with Crippen LogP contribution in [-0.2, 0) is 5.41 Å². The van der Waals surface area contributed by atoms with Crippen molar-refractivity contribution >= 4 is 21.8 Å². The first-order chi connectivity index (χ1) is 20.6. The molecule has 0 N–H and O–H groups in total. The van der Waals surface area contributed by atoms with Crippen molar-refractivity contribution in [2.24, 2.45) is 0 Å². The third-order valence-corrected chi connectivity index (χ3v) is 8.70. The molecule has 42 heavy (non-hydrogen) atoms. The molecule has 0 bridgehead atoms.